The molecular formula is C11H16N2O2S. The van der Waals surface area contributed by atoms with Crippen LogP contribution >= 0.6 is 0 Å². The first-order valence-corrected chi connectivity index (χ1v) is 6.84. The normalized spacial score (nSPS) is 13.1. The number of nitrogens with two attached hydrogens (primary N) is 1. The van der Waals surface area contributed by atoms with Crippen LogP contribution < -0.4 is 5.73 Å². The Bertz CT molecular complexity index is 487. The molecule has 0 aliphatic rings. The molecule has 0 spiro atoms. The summed E-state index contributed by atoms with van der Waals surface area (Å²) in [4.78, 5) is 4.47. The molecule has 1 rings (SSSR count). The van der Waals surface area contributed by atoms with E-state index in [1.165, 1.54) is 18.4 Å². The number of sulfone groups is 1. The molecule has 0 bridgehead atoms. The van der Waals surface area contributed by atoms with E-state index >= 15 is 0 Å². The van der Waals surface area contributed by atoms with Crippen molar-refractivity contribution in [3.05, 3.63) is 24.3 Å². The average Bonchev–Trinajstić information content (AvgIpc) is 2.17. The van der Waals surface area contributed by atoms with E-state index < -0.39 is 9.84 Å². The average molecular weight is 240 g/mol. The highest BCUT2D eigenvalue weighted by molar-refractivity contribution is 7.90. The van der Waals surface area contributed by atoms with Gasteiger partial charge < -0.3 is 5.73 Å². The van der Waals surface area contributed by atoms with Crippen molar-refractivity contribution >= 4 is 21.4 Å². The van der Waals surface area contributed by atoms with Crippen LogP contribution in [0, 0.1) is 5.92 Å². The van der Waals surface area contributed by atoms with Crippen LogP contribution in [-0.2, 0) is 9.84 Å². The van der Waals surface area contributed by atoms with E-state index in [1.807, 2.05) is 13.8 Å². The third-order valence-electron chi connectivity index (χ3n) is 2.11. The van der Waals surface area contributed by atoms with Crippen LogP contribution in [0.25, 0.3) is 0 Å². The van der Waals surface area contributed by atoms with Crippen LogP contribution in [0.5, 0.6) is 0 Å². The van der Waals surface area contributed by atoms with Crippen LogP contribution in [0.4, 0.5) is 5.69 Å². The van der Waals surface area contributed by atoms with Gasteiger partial charge in [-0.25, -0.2) is 13.4 Å². The Labute approximate surface area is 96.1 Å². The Morgan fingerprint density at radius 1 is 1.25 bits per heavy atom. The molecule has 0 atom stereocenters. The molecule has 0 aliphatic heterocycles. The van der Waals surface area contributed by atoms with Gasteiger partial charge in [-0.15, -0.1) is 0 Å². The zero-order valence-corrected chi connectivity index (χ0v) is 10.5. The van der Waals surface area contributed by atoms with Crippen molar-refractivity contribution in [3.63, 3.8) is 0 Å². The number of rotatable bonds is 3. The predicted octanol–water partition coefficient (Wildman–Crippen LogP) is 1.73. The zero-order chi connectivity index (χ0) is 12.3. The van der Waals surface area contributed by atoms with Crippen molar-refractivity contribution in [1.29, 1.82) is 0 Å². The monoisotopic (exact) mass is 240 g/mol. The molecule has 4 nitrogen and oxygen atoms in total. The van der Waals surface area contributed by atoms with Crippen LogP contribution in [-0.4, -0.2) is 20.5 Å². The lowest BCUT2D eigenvalue weighted by Crippen LogP contribution is -2.17. The maximum absolute atomic E-state index is 11.2. The highest BCUT2D eigenvalue weighted by Crippen LogP contribution is 2.16. The largest absolute Gasteiger partial charge is 0.387 e. The molecule has 0 aliphatic carbocycles. The van der Waals surface area contributed by atoms with E-state index in [0.717, 1.165) is 0 Å². The highest BCUT2D eigenvalue weighted by Gasteiger charge is 2.06. The van der Waals surface area contributed by atoms with Crippen molar-refractivity contribution < 1.29 is 8.42 Å². The molecule has 1 aromatic rings. The molecule has 0 heterocycles. The van der Waals surface area contributed by atoms with E-state index in [2.05, 4.69) is 4.99 Å². The molecular weight excluding hydrogens is 224 g/mol. The first-order valence-electron chi connectivity index (χ1n) is 4.95. The molecule has 1 aromatic carbocycles. The third-order valence-corrected chi connectivity index (χ3v) is 3.24. The molecule has 88 valence electrons. The Kier molecular flexibility index (Phi) is 3.70. The van der Waals surface area contributed by atoms with E-state index in [0.29, 0.717) is 11.5 Å². The summed E-state index contributed by atoms with van der Waals surface area (Å²) in [6, 6.07) is 6.35. The predicted molar refractivity (Wildman–Crippen MR) is 65.7 cm³/mol. The van der Waals surface area contributed by atoms with E-state index in [1.54, 1.807) is 12.1 Å². The number of benzene rings is 1. The fraction of sp³-hybridized carbons (Fsp3) is 0.364. The summed E-state index contributed by atoms with van der Waals surface area (Å²) in [6.07, 6.45) is 1.17. The number of hydrogen-bond donors (Lipinski definition) is 1. The van der Waals surface area contributed by atoms with E-state index in [-0.39, 0.29) is 10.8 Å². The summed E-state index contributed by atoms with van der Waals surface area (Å²) in [6.45, 7) is 3.90. The van der Waals surface area contributed by atoms with Gasteiger partial charge >= 0.3 is 0 Å². The van der Waals surface area contributed by atoms with Gasteiger partial charge in [0.15, 0.2) is 9.84 Å². The van der Waals surface area contributed by atoms with E-state index in [4.69, 9.17) is 5.73 Å². The maximum atomic E-state index is 11.2. The second kappa shape index (κ2) is 4.65. The van der Waals surface area contributed by atoms with Crippen molar-refractivity contribution in [1.82, 2.24) is 0 Å². The number of hydrogen-bond acceptors (Lipinski definition) is 3. The van der Waals surface area contributed by atoms with Crippen molar-refractivity contribution in [2.24, 2.45) is 16.6 Å². The van der Waals surface area contributed by atoms with Gasteiger partial charge in [0.1, 0.15) is 5.84 Å². The Morgan fingerprint density at radius 2 is 1.75 bits per heavy atom. The molecule has 5 heteroatoms. The summed E-state index contributed by atoms with van der Waals surface area (Å²) < 4.78 is 22.4. The molecule has 0 fully saturated rings. The van der Waals surface area contributed by atoms with Gasteiger partial charge in [-0.2, -0.15) is 0 Å². The number of amidine groups is 1. The van der Waals surface area contributed by atoms with Crippen LogP contribution in [0.15, 0.2) is 34.2 Å². The molecule has 0 radical (unpaired) electrons. The quantitative estimate of drug-likeness (QED) is 0.646. The van der Waals surface area contributed by atoms with Gasteiger partial charge in [0.25, 0.3) is 0 Å². The molecule has 0 aromatic heterocycles. The lowest BCUT2D eigenvalue weighted by molar-refractivity contribution is 0.602. The highest BCUT2D eigenvalue weighted by atomic mass is 32.2. The minimum atomic E-state index is -3.14. The molecule has 16 heavy (non-hydrogen) atoms. The van der Waals surface area contributed by atoms with Gasteiger partial charge in [0.2, 0.25) is 0 Å². The van der Waals surface area contributed by atoms with Gasteiger partial charge in [-0.05, 0) is 24.3 Å². The summed E-state index contributed by atoms with van der Waals surface area (Å²) in [5.41, 5.74) is 6.37. The summed E-state index contributed by atoms with van der Waals surface area (Å²) in [5.74, 6) is 0.710. The maximum Gasteiger partial charge on any atom is 0.175 e. The van der Waals surface area contributed by atoms with Crippen molar-refractivity contribution in [2.45, 2.75) is 18.7 Å². The third kappa shape index (κ3) is 3.34. The van der Waals surface area contributed by atoms with Crippen LogP contribution in [0.1, 0.15) is 13.8 Å². The lowest BCUT2D eigenvalue weighted by Gasteiger charge is -2.04. The van der Waals surface area contributed by atoms with Crippen LogP contribution in [0.3, 0.4) is 0 Å². The fourth-order valence-electron chi connectivity index (χ4n) is 1.05. The topological polar surface area (TPSA) is 72.5 Å². The summed E-state index contributed by atoms with van der Waals surface area (Å²) >= 11 is 0. The second-order valence-electron chi connectivity index (χ2n) is 3.96. The summed E-state index contributed by atoms with van der Waals surface area (Å²) in [7, 11) is -3.14. The Morgan fingerprint density at radius 3 is 2.12 bits per heavy atom. The van der Waals surface area contributed by atoms with Gasteiger partial charge in [0.05, 0.1) is 10.6 Å². The molecule has 0 unspecified atom stereocenters. The standard InChI is InChI=1S/C11H16N2O2S/c1-8(2)11(12)13-9-4-6-10(7-5-9)16(3,14)15/h4-8H,1-3H3,(H2,12,13). The van der Waals surface area contributed by atoms with E-state index in [9.17, 15) is 8.42 Å². The van der Waals surface area contributed by atoms with Crippen molar-refractivity contribution in [3.8, 4) is 0 Å². The molecule has 0 saturated carbocycles. The van der Waals surface area contributed by atoms with Crippen LogP contribution in [0.2, 0.25) is 0 Å². The minimum absolute atomic E-state index is 0.176. The van der Waals surface area contributed by atoms with Gasteiger partial charge in [0, 0.05) is 12.2 Å². The molecule has 0 amide bonds. The van der Waals surface area contributed by atoms with Crippen molar-refractivity contribution in [2.75, 3.05) is 6.26 Å². The second-order valence-corrected chi connectivity index (χ2v) is 5.97. The lowest BCUT2D eigenvalue weighted by atomic mass is 10.2. The number of aliphatic imine (C=N–C) groups is 1. The Balaban J connectivity index is 3.01. The minimum Gasteiger partial charge on any atom is -0.387 e. The first-order chi connectivity index (χ1) is 7.30. The van der Waals surface area contributed by atoms with Gasteiger partial charge in [-0.3, -0.25) is 0 Å². The zero-order valence-electron chi connectivity index (χ0n) is 9.64. The Hall–Kier alpha value is -1.36. The fourth-order valence-corrected chi connectivity index (χ4v) is 1.68. The SMILES string of the molecule is CC(C)C(N)=Nc1ccc(S(C)(=O)=O)cc1. The molecule has 0 saturated heterocycles. The molecule has 2 N–H and O–H groups in total. The first kappa shape index (κ1) is 12.7. The number of nitrogens with zero attached hydrogens (tertiary/aromatic N) is 1. The smallest absolute Gasteiger partial charge is 0.175 e. The van der Waals surface area contributed by atoms with Gasteiger partial charge in [-0.1, -0.05) is 13.8 Å². The summed E-state index contributed by atoms with van der Waals surface area (Å²) in [5, 5.41) is 0.